The molecule has 0 saturated carbocycles. The van der Waals surface area contributed by atoms with E-state index in [0.29, 0.717) is 28.5 Å². The predicted molar refractivity (Wildman–Crippen MR) is 154 cm³/mol. The topological polar surface area (TPSA) is 173 Å². The third-order valence-corrected chi connectivity index (χ3v) is 6.67. The van der Waals surface area contributed by atoms with Gasteiger partial charge in [0.05, 0.1) is 55.6 Å². The molecule has 0 amide bonds. The van der Waals surface area contributed by atoms with E-state index in [4.69, 9.17) is 35.4 Å². The molecule has 2 aromatic heterocycles. The molecule has 1 aromatic carbocycles. The molecular formula is C30H38N4O7. The summed E-state index contributed by atoms with van der Waals surface area (Å²) in [6, 6.07) is 12.9. The summed E-state index contributed by atoms with van der Waals surface area (Å²) in [5, 5.41) is 9.71. The van der Waals surface area contributed by atoms with Crippen LogP contribution in [0.1, 0.15) is 39.7 Å². The molecule has 11 heteroatoms. The zero-order valence-electron chi connectivity index (χ0n) is 24.0. The maximum atomic E-state index is 12.7. The van der Waals surface area contributed by atoms with Crippen LogP contribution in [0.2, 0.25) is 0 Å². The zero-order valence-corrected chi connectivity index (χ0v) is 24.0. The van der Waals surface area contributed by atoms with Crippen LogP contribution in [0.3, 0.4) is 0 Å². The van der Waals surface area contributed by atoms with Crippen LogP contribution in [0.4, 0.5) is 0 Å². The number of carbonyl (C=O) groups is 1. The number of nitrogens with zero attached hydrogens (tertiary/aromatic N) is 2. The molecule has 0 spiro atoms. The van der Waals surface area contributed by atoms with Gasteiger partial charge in [-0.3, -0.25) is 14.2 Å². The third kappa shape index (κ3) is 8.58. The van der Waals surface area contributed by atoms with E-state index in [9.17, 15) is 14.4 Å². The summed E-state index contributed by atoms with van der Waals surface area (Å²) in [6.07, 6.45) is 0.471. The van der Waals surface area contributed by atoms with Crippen molar-refractivity contribution in [1.29, 1.82) is 5.26 Å². The van der Waals surface area contributed by atoms with E-state index < -0.39 is 28.6 Å². The quantitative estimate of drug-likeness (QED) is 0.218. The molecular weight excluding hydrogens is 528 g/mol. The monoisotopic (exact) mass is 566 g/mol. The van der Waals surface area contributed by atoms with Crippen LogP contribution in [0, 0.1) is 16.7 Å². The highest BCUT2D eigenvalue weighted by Crippen LogP contribution is 2.26. The Balaban J connectivity index is 1.46. The minimum Gasteiger partial charge on any atom is -0.463 e. The van der Waals surface area contributed by atoms with E-state index >= 15 is 0 Å². The van der Waals surface area contributed by atoms with Crippen molar-refractivity contribution in [2.45, 2.75) is 52.2 Å². The number of rotatable bonds is 14. The molecule has 0 aliphatic carbocycles. The van der Waals surface area contributed by atoms with Gasteiger partial charge in [0, 0.05) is 23.0 Å². The Hall–Kier alpha value is -3.82. The van der Waals surface area contributed by atoms with Crippen molar-refractivity contribution in [2.75, 3.05) is 33.0 Å². The van der Waals surface area contributed by atoms with Crippen LogP contribution in [-0.2, 0) is 25.5 Å². The number of nitriles is 1. The molecule has 1 unspecified atom stereocenters. The summed E-state index contributed by atoms with van der Waals surface area (Å²) in [7, 11) is 0. The van der Waals surface area contributed by atoms with Crippen LogP contribution in [0.15, 0.2) is 56.5 Å². The molecule has 0 aliphatic heterocycles. The van der Waals surface area contributed by atoms with Crippen molar-refractivity contribution in [3.63, 3.8) is 0 Å². The van der Waals surface area contributed by atoms with E-state index in [2.05, 4.69) is 0 Å². The molecule has 11 nitrogen and oxygen atoms in total. The van der Waals surface area contributed by atoms with Gasteiger partial charge in [0.15, 0.2) is 0 Å². The van der Waals surface area contributed by atoms with Crippen molar-refractivity contribution >= 4 is 17.1 Å². The van der Waals surface area contributed by atoms with Gasteiger partial charge in [0.1, 0.15) is 6.61 Å². The van der Waals surface area contributed by atoms with Crippen molar-refractivity contribution in [1.82, 2.24) is 4.57 Å². The fraction of sp³-hybridized carbons (Fsp3) is 0.467. The van der Waals surface area contributed by atoms with Crippen LogP contribution in [0.25, 0.3) is 22.2 Å². The summed E-state index contributed by atoms with van der Waals surface area (Å²) in [5.74, 6) is -0.413. The van der Waals surface area contributed by atoms with Gasteiger partial charge in [0.2, 0.25) is 5.71 Å². The Morgan fingerprint density at radius 3 is 2.39 bits per heavy atom. The average molecular weight is 567 g/mol. The van der Waals surface area contributed by atoms with Gasteiger partial charge in [-0.05, 0) is 63.9 Å². The number of esters is 1. The van der Waals surface area contributed by atoms with Gasteiger partial charge < -0.3 is 30.1 Å². The lowest BCUT2D eigenvalue weighted by molar-refractivity contribution is -0.157. The molecule has 0 saturated heterocycles. The average Bonchev–Trinajstić information content (AvgIpc) is 2.91. The molecule has 0 fully saturated rings. The van der Waals surface area contributed by atoms with Gasteiger partial charge in [-0.25, -0.2) is 4.79 Å². The maximum absolute atomic E-state index is 12.7. The zero-order chi connectivity index (χ0) is 30.2. The molecule has 0 aliphatic rings. The Labute approximate surface area is 238 Å². The summed E-state index contributed by atoms with van der Waals surface area (Å²) >= 11 is 0. The van der Waals surface area contributed by atoms with Gasteiger partial charge in [0.25, 0.3) is 5.56 Å². The second kappa shape index (κ2) is 13.7. The maximum Gasteiger partial charge on any atom is 0.345 e. The number of carbonyl (C=O) groups excluding carboxylic acids is 1. The molecule has 0 radical (unpaired) electrons. The second-order valence-corrected chi connectivity index (χ2v) is 11.1. The molecule has 41 heavy (non-hydrogen) atoms. The first kappa shape index (κ1) is 31.7. The van der Waals surface area contributed by atoms with Gasteiger partial charge in [-0.2, -0.15) is 5.26 Å². The largest absolute Gasteiger partial charge is 0.463 e. The standard InChI is InChI=1S/C30H38N4O7/c1-29(2,33)18-24(32)30(3,4)28(37)40-15-14-39-13-12-38-11-10-34-25(35)9-8-22-17-23(27(36)41-26(22)34)21-7-5-6-20(16-21)19-31/h5-9,16-17,24H,10-15,18,32-33H2,1-4H3. The molecule has 4 N–H and O–H groups in total. The molecule has 1 atom stereocenters. The fourth-order valence-corrected chi connectivity index (χ4v) is 4.16. The highest BCUT2D eigenvalue weighted by Gasteiger charge is 2.38. The van der Waals surface area contributed by atoms with Gasteiger partial charge in [-0.15, -0.1) is 0 Å². The first-order chi connectivity index (χ1) is 19.3. The van der Waals surface area contributed by atoms with Crippen molar-refractivity contribution in [3.05, 3.63) is 68.8 Å². The highest BCUT2D eigenvalue weighted by atomic mass is 16.6. The predicted octanol–water partition coefficient (Wildman–Crippen LogP) is 2.55. The van der Waals surface area contributed by atoms with Gasteiger partial charge in [-0.1, -0.05) is 12.1 Å². The number of nitrogens with two attached hydrogens (primary N) is 2. The number of fused-ring (bicyclic) bond motifs is 1. The number of hydrogen-bond acceptors (Lipinski definition) is 10. The lowest BCUT2D eigenvalue weighted by Crippen LogP contribution is -2.50. The van der Waals surface area contributed by atoms with E-state index in [-0.39, 0.29) is 50.9 Å². The molecule has 2 heterocycles. The SMILES string of the molecule is CC(C)(N)CC(N)C(C)(C)C(=O)OCCOCCOCCn1c(=O)ccc2cc(-c3cccc(C#N)c3)c(=O)oc21. The number of hydrogen-bond donors (Lipinski definition) is 2. The normalized spacial score (nSPS) is 12.7. The number of ether oxygens (including phenoxy) is 3. The van der Waals surface area contributed by atoms with E-state index in [0.717, 1.165) is 0 Å². The molecule has 3 aromatic rings. The minimum atomic E-state index is -0.886. The van der Waals surface area contributed by atoms with Crippen LogP contribution < -0.4 is 22.7 Å². The Morgan fingerprint density at radius 2 is 1.71 bits per heavy atom. The fourth-order valence-electron chi connectivity index (χ4n) is 4.16. The minimum absolute atomic E-state index is 0.0776. The lowest BCUT2D eigenvalue weighted by atomic mass is 9.79. The van der Waals surface area contributed by atoms with Crippen molar-refractivity contribution < 1.29 is 23.4 Å². The molecule has 0 bridgehead atoms. The summed E-state index contributed by atoms with van der Waals surface area (Å²) < 4.78 is 23.2. The number of benzene rings is 1. The summed E-state index contributed by atoms with van der Waals surface area (Å²) in [6.45, 7) is 8.30. The van der Waals surface area contributed by atoms with E-state index in [1.807, 2.05) is 19.9 Å². The van der Waals surface area contributed by atoms with E-state index in [1.54, 1.807) is 50.2 Å². The number of pyridine rings is 1. The lowest BCUT2D eigenvalue weighted by Gasteiger charge is -2.33. The molecule has 220 valence electrons. The van der Waals surface area contributed by atoms with Crippen molar-refractivity contribution in [3.8, 4) is 17.2 Å². The smallest absolute Gasteiger partial charge is 0.345 e. The Bertz CT molecular complexity index is 1510. The first-order valence-corrected chi connectivity index (χ1v) is 13.4. The van der Waals surface area contributed by atoms with Gasteiger partial charge >= 0.3 is 11.6 Å². The summed E-state index contributed by atoms with van der Waals surface area (Å²) in [5.41, 5.74) is 11.3. The highest BCUT2D eigenvalue weighted by molar-refractivity contribution is 5.79. The van der Waals surface area contributed by atoms with Crippen LogP contribution in [-0.4, -0.2) is 55.2 Å². The van der Waals surface area contributed by atoms with Crippen molar-refractivity contribution in [2.24, 2.45) is 16.9 Å². The third-order valence-electron chi connectivity index (χ3n) is 6.67. The summed E-state index contributed by atoms with van der Waals surface area (Å²) in [4.78, 5) is 37.7. The van der Waals surface area contributed by atoms with E-state index in [1.165, 1.54) is 10.6 Å². The van der Waals surface area contributed by atoms with Crippen LogP contribution in [0.5, 0.6) is 0 Å². The van der Waals surface area contributed by atoms with Crippen LogP contribution >= 0.6 is 0 Å². The first-order valence-electron chi connectivity index (χ1n) is 13.4. The second-order valence-electron chi connectivity index (χ2n) is 11.1. The Kier molecular flexibility index (Phi) is 10.6. The number of aromatic nitrogens is 1. The Morgan fingerprint density at radius 1 is 1.02 bits per heavy atom. The molecule has 3 rings (SSSR count).